The van der Waals surface area contributed by atoms with Gasteiger partial charge in [-0.1, -0.05) is 30.3 Å². The van der Waals surface area contributed by atoms with E-state index >= 15 is 0 Å². The summed E-state index contributed by atoms with van der Waals surface area (Å²) < 4.78 is 1.20. The molecule has 1 aliphatic carbocycles. The molecule has 4 aromatic rings. The third-order valence-electron chi connectivity index (χ3n) is 6.45. The van der Waals surface area contributed by atoms with Gasteiger partial charge >= 0.3 is 0 Å². The summed E-state index contributed by atoms with van der Waals surface area (Å²) in [6.45, 7) is 1.54. The minimum atomic E-state index is -0.172. The number of aromatic nitrogens is 3. The smallest absolute Gasteiger partial charge is 0.255 e. The highest BCUT2D eigenvalue weighted by molar-refractivity contribution is 7.16. The first-order chi connectivity index (χ1) is 14.7. The van der Waals surface area contributed by atoms with Gasteiger partial charge in [0.2, 0.25) is 0 Å². The van der Waals surface area contributed by atoms with Gasteiger partial charge in [0.15, 0.2) is 0 Å². The Morgan fingerprint density at radius 1 is 1.07 bits per heavy atom. The van der Waals surface area contributed by atoms with Gasteiger partial charge in [0.25, 0.3) is 5.56 Å². The molecular formula is C24H22N4OS. The van der Waals surface area contributed by atoms with Crippen LogP contribution in [0.1, 0.15) is 41.9 Å². The highest BCUT2D eigenvalue weighted by atomic mass is 32.1. The van der Waals surface area contributed by atoms with Crippen LogP contribution in [-0.2, 0) is 18.4 Å². The molecule has 0 bridgehead atoms. The van der Waals surface area contributed by atoms with Gasteiger partial charge in [-0.05, 0) is 61.1 Å². The minimum absolute atomic E-state index is 0.0146. The number of nitrogens with one attached hydrogen (secondary N) is 2. The molecule has 0 saturated heterocycles. The molecule has 0 unspecified atom stereocenters. The number of nitrogens with zero attached hydrogens (tertiary/aromatic N) is 2. The molecule has 6 rings (SSSR count). The Balaban J connectivity index is 1.42. The molecule has 6 heteroatoms. The van der Waals surface area contributed by atoms with E-state index in [1.165, 1.54) is 21.4 Å². The number of hydrogen-bond acceptors (Lipinski definition) is 5. The molecule has 30 heavy (non-hydrogen) atoms. The normalized spacial score (nSPS) is 17.5. The van der Waals surface area contributed by atoms with Gasteiger partial charge in [0, 0.05) is 6.54 Å². The van der Waals surface area contributed by atoms with Gasteiger partial charge in [-0.25, -0.2) is 9.97 Å². The van der Waals surface area contributed by atoms with E-state index in [0.717, 1.165) is 54.8 Å². The Morgan fingerprint density at radius 3 is 2.87 bits per heavy atom. The van der Waals surface area contributed by atoms with E-state index in [4.69, 9.17) is 4.98 Å². The lowest BCUT2D eigenvalue weighted by atomic mass is 9.91. The lowest BCUT2D eigenvalue weighted by molar-refractivity contribution is 0.678. The van der Waals surface area contributed by atoms with Crippen molar-refractivity contribution in [1.82, 2.24) is 20.3 Å². The lowest BCUT2D eigenvalue weighted by Crippen LogP contribution is -2.26. The predicted octanol–water partition coefficient (Wildman–Crippen LogP) is 4.16. The molecular weight excluding hydrogens is 392 g/mol. The molecule has 1 aliphatic heterocycles. The first-order valence-corrected chi connectivity index (χ1v) is 11.4. The van der Waals surface area contributed by atoms with Crippen molar-refractivity contribution in [1.29, 1.82) is 0 Å². The van der Waals surface area contributed by atoms with Crippen molar-refractivity contribution < 1.29 is 0 Å². The standard InChI is InChI=1S/C24H22N4OS/c29-22-18-13-25-10-2-5-19(18)27-23(28-22)24(8-9-24)17-4-1-3-15(11-17)16-6-7-21-20(12-16)26-14-30-21/h1,3-4,6-7,11-12,14,25H,2,5,8-10,13H2,(H,27,28,29). The van der Waals surface area contributed by atoms with E-state index in [-0.39, 0.29) is 11.0 Å². The zero-order valence-electron chi connectivity index (χ0n) is 16.6. The number of hydrogen-bond donors (Lipinski definition) is 2. The highest BCUT2D eigenvalue weighted by Gasteiger charge is 2.48. The van der Waals surface area contributed by atoms with Crippen LogP contribution in [0.4, 0.5) is 0 Å². The predicted molar refractivity (Wildman–Crippen MR) is 120 cm³/mol. The summed E-state index contributed by atoms with van der Waals surface area (Å²) in [6, 6.07) is 15.1. The molecule has 1 saturated carbocycles. The van der Waals surface area contributed by atoms with Crippen molar-refractivity contribution in [2.45, 2.75) is 37.6 Å². The number of thiazole rings is 1. The van der Waals surface area contributed by atoms with E-state index in [0.29, 0.717) is 6.54 Å². The van der Waals surface area contributed by atoms with Crippen molar-refractivity contribution in [2.75, 3.05) is 6.54 Å². The molecule has 0 radical (unpaired) electrons. The van der Waals surface area contributed by atoms with Gasteiger partial charge in [-0.15, -0.1) is 11.3 Å². The lowest BCUT2D eigenvalue weighted by Gasteiger charge is -2.18. The van der Waals surface area contributed by atoms with Crippen LogP contribution in [-0.4, -0.2) is 21.5 Å². The number of aryl methyl sites for hydroxylation is 1. The van der Waals surface area contributed by atoms with Crippen LogP contribution < -0.4 is 10.9 Å². The number of aromatic amines is 1. The zero-order valence-corrected chi connectivity index (χ0v) is 17.4. The van der Waals surface area contributed by atoms with Gasteiger partial charge in [-0.2, -0.15) is 0 Å². The van der Waals surface area contributed by atoms with Crippen molar-refractivity contribution >= 4 is 21.6 Å². The van der Waals surface area contributed by atoms with Gasteiger partial charge in [-0.3, -0.25) is 4.79 Å². The molecule has 2 N–H and O–H groups in total. The quantitative estimate of drug-likeness (QED) is 0.528. The number of benzene rings is 2. The summed E-state index contributed by atoms with van der Waals surface area (Å²) in [5.41, 5.74) is 8.11. The fourth-order valence-electron chi connectivity index (χ4n) is 4.58. The molecule has 150 valence electrons. The Labute approximate surface area is 178 Å². The second-order valence-corrected chi connectivity index (χ2v) is 9.20. The van der Waals surface area contributed by atoms with Crippen LogP contribution in [0.15, 0.2) is 52.8 Å². The number of rotatable bonds is 3. The first kappa shape index (κ1) is 18.0. The monoisotopic (exact) mass is 414 g/mol. The van der Waals surface area contributed by atoms with E-state index < -0.39 is 0 Å². The van der Waals surface area contributed by atoms with Crippen LogP contribution in [0.3, 0.4) is 0 Å². The van der Waals surface area contributed by atoms with Crippen LogP contribution in [0.5, 0.6) is 0 Å². The third-order valence-corrected chi connectivity index (χ3v) is 7.26. The number of fused-ring (bicyclic) bond motifs is 2. The molecule has 2 aromatic heterocycles. The topological polar surface area (TPSA) is 70.7 Å². The largest absolute Gasteiger partial charge is 0.312 e. The Bertz CT molecular complexity index is 1320. The van der Waals surface area contributed by atoms with E-state index in [1.807, 2.05) is 5.51 Å². The summed E-state index contributed by atoms with van der Waals surface area (Å²) >= 11 is 1.66. The Morgan fingerprint density at radius 2 is 1.97 bits per heavy atom. The van der Waals surface area contributed by atoms with Crippen LogP contribution in [0.2, 0.25) is 0 Å². The van der Waals surface area contributed by atoms with Crippen molar-refractivity contribution in [3.05, 3.63) is 81.0 Å². The van der Waals surface area contributed by atoms with Crippen molar-refractivity contribution in [3.63, 3.8) is 0 Å². The van der Waals surface area contributed by atoms with Gasteiger partial charge in [0.05, 0.1) is 32.4 Å². The molecule has 0 atom stereocenters. The highest BCUT2D eigenvalue weighted by Crippen LogP contribution is 2.52. The average molecular weight is 415 g/mol. The van der Waals surface area contributed by atoms with Crippen LogP contribution in [0, 0.1) is 0 Å². The van der Waals surface area contributed by atoms with E-state index in [2.05, 4.69) is 57.7 Å². The molecule has 1 fully saturated rings. The average Bonchev–Trinajstić information content (AvgIpc) is 3.51. The molecule has 0 spiro atoms. The molecule has 5 nitrogen and oxygen atoms in total. The summed E-state index contributed by atoms with van der Waals surface area (Å²) in [6.07, 6.45) is 3.91. The first-order valence-electron chi connectivity index (χ1n) is 10.5. The summed E-state index contributed by atoms with van der Waals surface area (Å²) in [5.74, 6) is 0.834. The van der Waals surface area contributed by atoms with Crippen LogP contribution >= 0.6 is 11.3 Å². The second-order valence-electron chi connectivity index (χ2n) is 8.32. The molecule has 3 heterocycles. The van der Waals surface area contributed by atoms with Gasteiger partial charge in [0.1, 0.15) is 5.82 Å². The van der Waals surface area contributed by atoms with Crippen molar-refractivity contribution in [3.8, 4) is 11.1 Å². The van der Waals surface area contributed by atoms with Gasteiger partial charge < -0.3 is 10.3 Å². The fourth-order valence-corrected chi connectivity index (χ4v) is 5.23. The fraction of sp³-hybridized carbons (Fsp3) is 0.292. The maximum Gasteiger partial charge on any atom is 0.255 e. The second kappa shape index (κ2) is 6.86. The van der Waals surface area contributed by atoms with Crippen molar-refractivity contribution in [2.24, 2.45) is 0 Å². The Kier molecular flexibility index (Phi) is 4.11. The molecule has 0 amide bonds. The van der Waals surface area contributed by atoms with Crippen LogP contribution in [0.25, 0.3) is 21.3 Å². The SMILES string of the molecule is O=c1[nH]c(C2(c3cccc(-c4ccc5scnc5c4)c3)CC2)nc2c1CNCCC2. The maximum absolute atomic E-state index is 12.8. The maximum atomic E-state index is 12.8. The molecule has 2 aromatic carbocycles. The third kappa shape index (κ3) is 2.90. The summed E-state index contributed by atoms with van der Waals surface area (Å²) in [4.78, 5) is 25.4. The summed E-state index contributed by atoms with van der Waals surface area (Å²) in [7, 11) is 0. The van der Waals surface area contributed by atoms with E-state index in [1.54, 1.807) is 11.3 Å². The molecule has 2 aliphatic rings. The summed E-state index contributed by atoms with van der Waals surface area (Å²) in [5, 5.41) is 3.32. The Hall–Kier alpha value is -2.83. The number of H-pyrrole nitrogens is 1. The van der Waals surface area contributed by atoms with E-state index in [9.17, 15) is 4.79 Å². The minimum Gasteiger partial charge on any atom is -0.312 e. The zero-order chi connectivity index (χ0) is 20.1.